The Labute approximate surface area is 442 Å². The number of carbonyl (C=O) groups is 12. The Morgan fingerprint density at radius 3 is 1.33 bits per heavy atom. The van der Waals surface area contributed by atoms with Crippen LogP contribution in [0.25, 0.3) is 0 Å². The van der Waals surface area contributed by atoms with Crippen molar-refractivity contribution in [2.75, 3.05) is 0 Å². The van der Waals surface area contributed by atoms with Gasteiger partial charge in [-0.25, -0.2) is 4.79 Å². The maximum absolute atomic E-state index is 14.2. The van der Waals surface area contributed by atoms with Gasteiger partial charge in [0.2, 0.25) is 59.1 Å². The van der Waals surface area contributed by atoms with E-state index < -0.39 is 169 Å². The summed E-state index contributed by atoms with van der Waals surface area (Å²) >= 11 is 0. The highest BCUT2D eigenvalue weighted by molar-refractivity contribution is 6.00. The zero-order chi connectivity index (χ0) is 58.3. The number of phenolic OH excluding ortho intramolecular Hbond substituents is 1. The van der Waals surface area contributed by atoms with Crippen molar-refractivity contribution in [1.82, 2.24) is 42.5 Å². The average Bonchev–Trinajstić information content (AvgIpc) is 3.32. The minimum Gasteiger partial charge on any atom is -0.508 e. The van der Waals surface area contributed by atoms with E-state index in [2.05, 4.69) is 42.5 Å². The van der Waals surface area contributed by atoms with Crippen molar-refractivity contribution in [3.05, 3.63) is 29.8 Å². The second-order valence-corrected chi connectivity index (χ2v) is 20.2. The summed E-state index contributed by atoms with van der Waals surface area (Å²) in [6, 6.07) is -7.85. The van der Waals surface area contributed by atoms with E-state index in [0.29, 0.717) is 18.4 Å². The third-order valence-electron chi connectivity index (χ3n) is 12.5. The van der Waals surface area contributed by atoms with Gasteiger partial charge in [0.05, 0.1) is 18.9 Å². The second-order valence-electron chi connectivity index (χ2n) is 20.2. The molecular formula is C50H81N11O15. The highest BCUT2D eigenvalue weighted by Crippen LogP contribution is 2.16. The molecule has 0 aromatic heterocycles. The standard InChI is InChI=1S/C50H81N11O15/c1-11-26(9)38(53)47(72)58-31(19-23(3)4)43(68)55-32(20-28-13-15-29(62)16-14-28)44(69)54-30(17-18-37(65)66)42(67)56-33(21-35(51)63)45(70)57-34(22-36(52)64)46(71)59-39(24(5)6)48(73)61-41(27(10)12-2)49(74)60-40(25(7)8)50(75)76/h13-16,23-27,30-34,38-41,62H,11-12,17-22,53H2,1-10H3,(H2,51,63)(H2,52,64)(H,54,69)(H,55,68)(H,56,67)(H,57,70)(H,58,72)(H,59,71)(H,60,74)(H,61,73)(H,65,66)(H,75,76)/t26-,27-,30-,31-,32-,33-,34-,38-,39-,40-,41-/m0/s1. The first-order valence-corrected chi connectivity index (χ1v) is 25.3. The van der Waals surface area contributed by atoms with Gasteiger partial charge in [-0.3, -0.25) is 52.7 Å². The molecule has 0 spiro atoms. The molecule has 10 amide bonds. The van der Waals surface area contributed by atoms with Crippen molar-refractivity contribution in [2.24, 2.45) is 46.8 Å². The summed E-state index contributed by atoms with van der Waals surface area (Å²) in [5.41, 5.74) is 17.4. The molecule has 0 radical (unpaired) electrons. The topological polar surface area (TPSA) is 440 Å². The molecule has 26 nitrogen and oxygen atoms in total. The van der Waals surface area contributed by atoms with Crippen LogP contribution in [0.4, 0.5) is 0 Å². The average molecular weight is 1080 g/mol. The van der Waals surface area contributed by atoms with Crippen LogP contribution >= 0.6 is 0 Å². The van der Waals surface area contributed by atoms with Crippen molar-refractivity contribution in [2.45, 2.75) is 175 Å². The maximum Gasteiger partial charge on any atom is 0.326 e. The van der Waals surface area contributed by atoms with Gasteiger partial charge in [-0.05, 0) is 60.1 Å². The number of primary amides is 2. The molecule has 1 rings (SSSR count). The zero-order valence-electron chi connectivity index (χ0n) is 45.0. The van der Waals surface area contributed by atoms with Crippen molar-refractivity contribution in [3.8, 4) is 5.75 Å². The molecule has 0 unspecified atom stereocenters. The molecule has 0 heterocycles. The lowest BCUT2D eigenvalue weighted by Gasteiger charge is -2.30. The maximum atomic E-state index is 14.2. The first-order valence-electron chi connectivity index (χ1n) is 25.3. The predicted molar refractivity (Wildman–Crippen MR) is 275 cm³/mol. The van der Waals surface area contributed by atoms with Gasteiger partial charge in [0.1, 0.15) is 54.1 Å². The van der Waals surface area contributed by atoms with E-state index in [1.807, 2.05) is 6.92 Å². The molecule has 426 valence electrons. The van der Waals surface area contributed by atoms with Crippen LogP contribution in [0.1, 0.15) is 120 Å². The molecule has 17 N–H and O–H groups in total. The van der Waals surface area contributed by atoms with E-state index in [1.54, 1.807) is 48.5 Å². The summed E-state index contributed by atoms with van der Waals surface area (Å²) < 4.78 is 0. The van der Waals surface area contributed by atoms with E-state index >= 15 is 0 Å². The number of carboxylic acids is 2. The van der Waals surface area contributed by atoms with E-state index in [-0.39, 0.29) is 30.4 Å². The molecule has 0 bridgehead atoms. The Kier molecular flexibility index (Phi) is 28.2. The molecule has 1 aromatic rings. The number of hydrogen-bond acceptors (Lipinski definition) is 14. The Morgan fingerprint density at radius 1 is 0.487 bits per heavy atom. The van der Waals surface area contributed by atoms with Gasteiger partial charge in [-0.15, -0.1) is 0 Å². The molecule has 11 atom stereocenters. The number of rotatable bonds is 34. The molecule has 26 heteroatoms. The number of nitrogens with one attached hydrogen (secondary N) is 8. The quantitative estimate of drug-likeness (QED) is 0.0365. The SMILES string of the molecule is CC[C@H](C)[C@H](N)C(=O)N[C@@H](CC(C)C)C(=O)N[C@@H](Cc1ccc(O)cc1)C(=O)N[C@@H](CCC(=O)O)C(=O)N[C@@H](CC(N)=O)C(=O)N[C@@H](CC(N)=O)C(=O)N[C@H](C(=O)N[C@H](C(=O)N[C@H](C(=O)O)C(C)C)[C@@H](C)CC)C(C)C. The van der Waals surface area contributed by atoms with Gasteiger partial charge in [0.15, 0.2) is 0 Å². The fourth-order valence-corrected chi connectivity index (χ4v) is 7.50. The van der Waals surface area contributed by atoms with Crippen molar-refractivity contribution in [1.29, 1.82) is 0 Å². The van der Waals surface area contributed by atoms with Crippen LogP contribution in [0, 0.1) is 29.6 Å². The van der Waals surface area contributed by atoms with Crippen molar-refractivity contribution >= 4 is 71.0 Å². The van der Waals surface area contributed by atoms with Gasteiger partial charge in [0, 0.05) is 12.8 Å². The summed E-state index contributed by atoms with van der Waals surface area (Å²) in [5, 5.41) is 48.7. The number of amides is 10. The van der Waals surface area contributed by atoms with Gasteiger partial charge < -0.3 is 75.1 Å². The van der Waals surface area contributed by atoms with Crippen LogP contribution in [0.15, 0.2) is 24.3 Å². The summed E-state index contributed by atoms with van der Waals surface area (Å²) in [6.07, 6.45) is -2.47. The Bertz CT molecular complexity index is 2210. The Morgan fingerprint density at radius 2 is 0.882 bits per heavy atom. The third kappa shape index (κ3) is 23.0. The van der Waals surface area contributed by atoms with Crippen LogP contribution in [-0.4, -0.2) is 141 Å². The fraction of sp³-hybridized carbons (Fsp3) is 0.640. The van der Waals surface area contributed by atoms with Crippen molar-refractivity contribution < 1.29 is 72.9 Å². The largest absolute Gasteiger partial charge is 0.508 e. The third-order valence-corrected chi connectivity index (χ3v) is 12.5. The van der Waals surface area contributed by atoms with Crippen LogP contribution < -0.4 is 59.7 Å². The van der Waals surface area contributed by atoms with Gasteiger partial charge in [-0.2, -0.15) is 0 Å². The normalized spacial score (nSPS) is 15.6. The van der Waals surface area contributed by atoms with Crippen molar-refractivity contribution in [3.63, 3.8) is 0 Å². The minimum atomic E-state index is -1.97. The van der Waals surface area contributed by atoms with E-state index in [0.717, 1.165) is 0 Å². The fourth-order valence-electron chi connectivity index (χ4n) is 7.50. The first kappa shape index (κ1) is 66.6. The molecule has 0 saturated carbocycles. The van der Waals surface area contributed by atoms with Crippen LogP contribution in [0.2, 0.25) is 0 Å². The number of carbonyl (C=O) groups excluding carboxylic acids is 10. The summed E-state index contributed by atoms with van der Waals surface area (Å²) in [5.74, 6) is -15.2. The Balaban J connectivity index is 3.61. The lowest BCUT2D eigenvalue weighted by molar-refractivity contribution is -0.144. The zero-order valence-corrected chi connectivity index (χ0v) is 45.0. The number of carboxylic acid groups (broad SMARTS) is 2. The van der Waals surface area contributed by atoms with Gasteiger partial charge in [-0.1, -0.05) is 94.2 Å². The molecular weight excluding hydrogens is 995 g/mol. The highest BCUT2D eigenvalue weighted by atomic mass is 16.4. The van der Waals surface area contributed by atoms with Gasteiger partial charge in [0.25, 0.3) is 0 Å². The van der Waals surface area contributed by atoms with E-state index in [4.69, 9.17) is 17.2 Å². The summed E-state index contributed by atoms with van der Waals surface area (Å²) in [6.45, 7) is 16.8. The highest BCUT2D eigenvalue weighted by Gasteiger charge is 2.38. The van der Waals surface area contributed by atoms with E-state index in [1.165, 1.54) is 38.1 Å². The minimum absolute atomic E-state index is 0.108. The number of aromatic hydroxyl groups is 1. The monoisotopic (exact) mass is 1080 g/mol. The lowest BCUT2D eigenvalue weighted by atomic mass is 9.95. The second kappa shape index (κ2) is 32.1. The molecule has 0 aliphatic carbocycles. The van der Waals surface area contributed by atoms with Crippen LogP contribution in [0.3, 0.4) is 0 Å². The number of aliphatic carboxylic acids is 2. The molecule has 1 aromatic carbocycles. The molecule has 0 saturated heterocycles. The molecule has 0 aliphatic heterocycles. The van der Waals surface area contributed by atoms with Gasteiger partial charge >= 0.3 is 11.9 Å². The molecule has 76 heavy (non-hydrogen) atoms. The number of hydrogen-bond donors (Lipinski definition) is 14. The predicted octanol–water partition coefficient (Wildman–Crippen LogP) is -1.71. The number of nitrogens with two attached hydrogens (primary N) is 3. The van der Waals surface area contributed by atoms with E-state index in [9.17, 15) is 72.9 Å². The smallest absolute Gasteiger partial charge is 0.326 e. The first-order chi connectivity index (χ1) is 35.3. The summed E-state index contributed by atoms with van der Waals surface area (Å²) in [4.78, 5) is 159. The van der Waals surface area contributed by atoms with Crippen LogP contribution in [-0.2, 0) is 64.0 Å². The molecule has 0 aliphatic rings. The lowest BCUT2D eigenvalue weighted by Crippen LogP contribution is -2.62. The van der Waals surface area contributed by atoms with Crippen LogP contribution in [0.5, 0.6) is 5.75 Å². The summed E-state index contributed by atoms with van der Waals surface area (Å²) in [7, 11) is 0. The Hall–Kier alpha value is -7.38. The molecule has 0 fully saturated rings. The number of benzene rings is 1. The number of phenols is 1.